The average molecular weight is 251 g/mol. The average Bonchev–Trinajstić information content (AvgIpc) is 2.33. The Morgan fingerprint density at radius 1 is 1.17 bits per heavy atom. The molecule has 0 spiro atoms. The third kappa shape index (κ3) is 4.22. The Hall–Kier alpha value is -1.22. The maximum absolute atomic E-state index is 5.81. The molecule has 18 heavy (non-hydrogen) atoms. The van der Waals surface area contributed by atoms with Crippen LogP contribution in [-0.2, 0) is 0 Å². The van der Waals surface area contributed by atoms with Crippen LogP contribution in [0, 0.1) is 11.3 Å². The van der Waals surface area contributed by atoms with Crippen molar-refractivity contribution in [3.8, 4) is 11.5 Å². The highest BCUT2D eigenvalue weighted by atomic mass is 16.5. The van der Waals surface area contributed by atoms with Crippen molar-refractivity contribution in [3.05, 3.63) is 24.3 Å². The zero-order valence-corrected chi connectivity index (χ0v) is 11.9. The van der Waals surface area contributed by atoms with E-state index in [1.165, 1.54) is 0 Å². The number of hydrogen-bond acceptors (Lipinski definition) is 3. The van der Waals surface area contributed by atoms with Crippen LogP contribution in [0.4, 0.5) is 0 Å². The van der Waals surface area contributed by atoms with Gasteiger partial charge in [-0.25, -0.2) is 0 Å². The molecule has 0 aliphatic heterocycles. The predicted octanol–water partition coefficient (Wildman–Crippen LogP) is 3.09. The van der Waals surface area contributed by atoms with Gasteiger partial charge in [0, 0.05) is 0 Å². The van der Waals surface area contributed by atoms with Gasteiger partial charge in [-0.3, -0.25) is 0 Å². The number of hydrogen-bond donors (Lipinski definition) is 1. The van der Waals surface area contributed by atoms with Crippen molar-refractivity contribution in [2.45, 2.75) is 27.2 Å². The first-order valence-electron chi connectivity index (χ1n) is 6.45. The summed E-state index contributed by atoms with van der Waals surface area (Å²) < 4.78 is 11.0. The van der Waals surface area contributed by atoms with Crippen LogP contribution >= 0.6 is 0 Å². The highest BCUT2D eigenvalue weighted by Crippen LogP contribution is 2.29. The Morgan fingerprint density at radius 3 is 2.28 bits per heavy atom. The highest BCUT2D eigenvalue weighted by molar-refractivity contribution is 5.39. The molecule has 0 radical (unpaired) electrons. The second-order valence-corrected chi connectivity index (χ2v) is 5.59. The van der Waals surface area contributed by atoms with Crippen LogP contribution in [0.15, 0.2) is 24.3 Å². The van der Waals surface area contributed by atoms with Crippen molar-refractivity contribution in [1.29, 1.82) is 0 Å². The normalized spacial score (nSPS) is 13.2. The first-order chi connectivity index (χ1) is 8.49. The standard InChI is InChI=1S/C15H25NO2/c1-15(2,3)12(11-16)9-10-18-14-8-6-5-7-13(14)17-4/h5-8,12H,9-11,16H2,1-4H3. The zero-order chi connectivity index (χ0) is 13.6. The second-order valence-electron chi connectivity index (χ2n) is 5.59. The van der Waals surface area contributed by atoms with Gasteiger partial charge in [0.15, 0.2) is 11.5 Å². The van der Waals surface area contributed by atoms with Crippen molar-refractivity contribution >= 4 is 0 Å². The molecule has 1 unspecified atom stereocenters. The van der Waals surface area contributed by atoms with Gasteiger partial charge in [0.1, 0.15) is 0 Å². The molecule has 0 saturated carbocycles. The molecule has 1 rings (SSSR count). The predicted molar refractivity (Wildman–Crippen MR) is 75.1 cm³/mol. The molecule has 0 fully saturated rings. The Labute approximate surface area is 110 Å². The van der Waals surface area contributed by atoms with Crippen LogP contribution < -0.4 is 15.2 Å². The fourth-order valence-corrected chi connectivity index (χ4v) is 1.95. The molecule has 1 aromatic rings. The lowest BCUT2D eigenvalue weighted by atomic mass is 9.79. The van der Waals surface area contributed by atoms with E-state index in [0.29, 0.717) is 19.1 Å². The molecule has 0 amide bonds. The van der Waals surface area contributed by atoms with Crippen molar-refractivity contribution in [1.82, 2.24) is 0 Å². The highest BCUT2D eigenvalue weighted by Gasteiger charge is 2.23. The van der Waals surface area contributed by atoms with E-state index < -0.39 is 0 Å². The van der Waals surface area contributed by atoms with Gasteiger partial charge in [-0.15, -0.1) is 0 Å². The summed E-state index contributed by atoms with van der Waals surface area (Å²) >= 11 is 0. The molecule has 0 heterocycles. The smallest absolute Gasteiger partial charge is 0.161 e. The van der Waals surface area contributed by atoms with Crippen LogP contribution in [0.25, 0.3) is 0 Å². The van der Waals surface area contributed by atoms with Gasteiger partial charge in [-0.05, 0) is 36.4 Å². The number of methoxy groups -OCH3 is 1. The van der Waals surface area contributed by atoms with Gasteiger partial charge in [0.25, 0.3) is 0 Å². The van der Waals surface area contributed by atoms with Gasteiger partial charge in [-0.1, -0.05) is 32.9 Å². The van der Waals surface area contributed by atoms with Crippen LogP contribution in [0.2, 0.25) is 0 Å². The first-order valence-corrected chi connectivity index (χ1v) is 6.45. The fourth-order valence-electron chi connectivity index (χ4n) is 1.95. The Bertz CT molecular complexity index is 358. The minimum Gasteiger partial charge on any atom is -0.493 e. The summed E-state index contributed by atoms with van der Waals surface area (Å²) in [4.78, 5) is 0. The SMILES string of the molecule is COc1ccccc1OCCC(CN)C(C)(C)C. The minimum atomic E-state index is 0.221. The summed E-state index contributed by atoms with van der Waals surface area (Å²) in [6.07, 6.45) is 0.956. The third-order valence-corrected chi connectivity index (χ3v) is 3.30. The molecule has 0 aromatic heterocycles. The van der Waals surface area contributed by atoms with Crippen LogP contribution in [-0.4, -0.2) is 20.3 Å². The molecular formula is C15H25NO2. The number of rotatable bonds is 6. The quantitative estimate of drug-likeness (QED) is 0.845. The van der Waals surface area contributed by atoms with E-state index in [0.717, 1.165) is 17.9 Å². The Morgan fingerprint density at radius 2 is 1.78 bits per heavy atom. The molecular weight excluding hydrogens is 226 g/mol. The fraction of sp³-hybridized carbons (Fsp3) is 0.600. The van der Waals surface area contributed by atoms with Gasteiger partial charge in [0.05, 0.1) is 13.7 Å². The van der Waals surface area contributed by atoms with Crippen LogP contribution in [0.5, 0.6) is 11.5 Å². The van der Waals surface area contributed by atoms with Crippen LogP contribution in [0.3, 0.4) is 0 Å². The van der Waals surface area contributed by atoms with Crippen LogP contribution in [0.1, 0.15) is 27.2 Å². The van der Waals surface area contributed by atoms with E-state index in [-0.39, 0.29) is 5.41 Å². The lowest BCUT2D eigenvalue weighted by molar-refractivity contribution is 0.186. The van der Waals surface area contributed by atoms with Gasteiger partial charge in [-0.2, -0.15) is 0 Å². The molecule has 3 nitrogen and oxygen atoms in total. The first kappa shape index (κ1) is 14.8. The summed E-state index contributed by atoms with van der Waals surface area (Å²) in [6, 6.07) is 7.71. The van der Waals surface area contributed by atoms with E-state index in [1.54, 1.807) is 7.11 Å². The molecule has 1 aromatic carbocycles. The molecule has 0 aliphatic carbocycles. The molecule has 102 valence electrons. The molecule has 1 atom stereocenters. The molecule has 0 aliphatic rings. The molecule has 0 bridgehead atoms. The molecule has 3 heteroatoms. The second kappa shape index (κ2) is 6.64. The van der Waals surface area contributed by atoms with Crippen molar-refractivity contribution in [2.24, 2.45) is 17.1 Å². The minimum absolute atomic E-state index is 0.221. The van der Waals surface area contributed by atoms with Crippen molar-refractivity contribution in [3.63, 3.8) is 0 Å². The molecule has 2 N–H and O–H groups in total. The van der Waals surface area contributed by atoms with Crippen molar-refractivity contribution in [2.75, 3.05) is 20.3 Å². The summed E-state index contributed by atoms with van der Waals surface area (Å²) in [7, 11) is 1.65. The maximum atomic E-state index is 5.81. The summed E-state index contributed by atoms with van der Waals surface area (Å²) in [5.74, 6) is 2.04. The topological polar surface area (TPSA) is 44.5 Å². The maximum Gasteiger partial charge on any atom is 0.161 e. The lowest BCUT2D eigenvalue weighted by Gasteiger charge is -2.29. The van der Waals surface area contributed by atoms with E-state index >= 15 is 0 Å². The lowest BCUT2D eigenvalue weighted by Crippen LogP contribution is -2.29. The number of nitrogens with two attached hydrogens (primary N) is 1. The summed E-state index contributed by atoms with van der Waals surface area (Å²) in [6.45, 7) is 8.01. The zero-order valence-electron chi connectivity index (χ0n) is 11.9. The molecule has 0 saturated heterocycles. The number of benzene rings is 1. The van der Waals surface area contributed by atoms with E-state index in [1.807, 2.05) is 24.3 Å². The summed E-state index contributed by atoms with van der Waals surface area (Å²) in [5, 5.41) is 0. The Balaban J connectivity index is 2.50. The summed E-state index contributed by atoms with van der Waals surface area (Å²) in [5.41, 5.74) is 6.04. The number of para-hydroxylation sites is 2. The van der Waals surface area contributed by atoms with Gasteiger partial charge in [0.2, 0.25) is 0 Å². The number of ether oxygens (including phenoxy) is 2. The third-order valence-electron chi connectivity index (χ3n) is 3.30. The van der Waals surface area contributed by atoms with E-state index in [9.17, 15) is 0 Å². The van der Waals surface area contributed by atoms with Gasteiger partial charge < -0.3 is 15.2 Å². The Kier molecular flexibility index (Phi) is 5.48. The monoisotopic (exact) mass is 251 g/mol. The van der Waals surface area contributed by atoms with Gasteiger partial charge >= 0.3 is 0 Å². The van der Waals surface area contributed by atoms with E-state index in [4.69, 9.17) is 15.2 Å². The van der Waals surface area contributed by atoms with E-state index in [2.05, 4.69) is 20.8 Å². The largest absolute Gasteiger partial charge is 0.493 e. The van der Waals surface area contributed by atoms with Crippen molar-refractivity contribution < 1.29 is 9.47 Å².